The molecule has 0 aliphatic carbocycles. The van der Waals surface area contributed by atoms with Crippen LogP contribution in [0.3, 0.4) is 0 Å². The molecule has 3 aromatic rings. The number of rotatable bonds is 6. The minimum absolute atomic E-state index is 0.0677. The fourth-order valence-corrected chi connectivity index (χ4v) is 5.04. The molecule has 0 saturated carbocycles. The number of nitrogens with zero attached hydrogens (tertiary/aromatic N) is 3. The van der Waals surface area contributed by atoms with Gasteiger partial charge in [0.1, 0.15) is 5.69 Å². The van der Waals surface area contributed by atoms with E-state index in [1.807, 2.05) is 4.72 Å². The van der Waals surface area contributed by atoms with Gasteiger partial charge < -0.3 is 0 Å². The summed E-state index contributed by atoms with van der Waals surface area (Å²) in [4.78, 5) is 36.4. The number of carbonyl (C=O) groups is 1. The number of benzene rings is 1. The van der Waals surface area contributed by atoms with Crippen molar-refractivity contribution in [3.05, 3.63) is 56.5 Å². The van der Waals surface area contributed by atoms with Gasteiger partial charge in [-0.05, 0) is 29.7 Å². The van der Waals surface area contributed by atoms with E-state index in [1.54, 1.807) is 6.07 Å². The quantitative estimate of drug-likeness (QED) is 0.536. The number of hydrogen-bond acceptors (Lipinski definition) is 8. The van der Waals surface area contributed by atoms with E-state index in [0.29, 0.717) is 31.0 Å². The van der Waals surface area contributed by atoms with Gasteiger partial charge in [0, 0.05) is 24.3 Å². The molecule has 1 aromatic carbocycles. The van der Waals surface area contributed by atoms with Crippen molar-refractivity contribution in [3.8, 4) is 5.69 Å². The molecule has 0 atom stereocenters. The van der Waals surface area contributed by atoms with Gasteiger partial charge in [0.05, 0.1) is 28.1 Å². The Bertz CT molecular complexity index is 1420. The first-order chi connectivity index (χ1) is 14.8. The third-order valence-corrected chi connectivity index (χ3v) is 6.57. The van der Waals surface area contributed by atoms with Crippen LogP contribution in [0.2, 0.25) is 0 Å². The van der Waals surface area contributed by atoms with Gasteiger partial charge in [-0.15, -0.1) is 11.8 Å². The molecular weight excluding hydrogens is 493 g/mol. The maximum absolute atomic E-state index is 13.0. The number of carbonyl (C=O) groups excluding carboxylic acids is 1. The highest BCUT2D eigenvalue weighted by atomic mass is 32.2. The molecule has 1 amide bonds. The number of amides is 1. The van der Waals surface area contributed by atoms with Crippen molar-refractivity contribution in [1.82, 2.24) is 18.2 Å². The topological polar surface area (TPSA) is 120 Å². The van der Waals surface area contributed by atoms with Crippen LogP contribution in [0.25, 0.3) is 15.8 Å². The first-order valence-electron chi connectivity index (χ1n) is 8.65. The zero-order valence-corrected chi connectivity index (χ0v) is 18.9. The van der Waals surface area contributed by atoms with Crippen LogP contribution < -0.4 is 16.0 Å². The summed E-state index contributed by atoms with van der Waals surface area (Å²) < 4.78 is 69.1. The predicted molar refractivity (Wildman–Crippen MR) is 115 cm³/mol. The average Bonchev–Trinajstić information content (AvgIpc) is 3.05. The van der Waals surface area contributed by atoms with Gasteiger partial charge in [-0.25, -0.2) is 17.8 Å². The van der Waals surface area contributed by atoms with Crippen LogP contribution in [-0.2, 0) is 33.8 Å². The van der Waals surface area contributed by atoms with Gasteiger partial charge in [-0.1, -0.05) is 0 Å². The summed E-state index contributed by atoms with van der Waals surface area (Å²) in [6.07, 6.45) is -4.00. The maximum atomic E-state index is 13.0. The van der Waals surface area contributed by atoms with E-state index in [9.17, 15) is 36.0 Å². The average molecular weight is 509 g/mol. The summed E-state index contributed by atoms with van der Waals surface area (Å²) >= 11 is 2.22. The first kappa shape index (κ1) is 24.0. The molecule has 0 saturated heterocycles. The van der Waals surface area contributed by atoms with Crippen LogP contribution in [0.15, 0.2) is 33.9 Å². The lowest BCUT2D eigenvalue weighted by Gasteiger charge is -2.14. The molecule has 0 aliphatic heterocycles. The summed E-state index contributed by atoms with van der Waals surface area (Å²) in [5.41, 5.74) is -3.05. The SMILES string of the molecule is Cn1c(C(F)(F)F)cc(=O)n(-c2ccc3snc(CSCC(=O)NS(C)(=O)=O)c3c2)c1=O. The van der Waals surface area contributed by atoms with E-state index in [-0.39, 0.29) is 17.2 Å². The van der Waals surface area contributed by atoms with E-state index >= 15 is 0 Å². The second-order valence-electron chi connectivity index (χ2n) is 6.64. The minimum atomic E-state index is -4.86. The summed E-state index contributed by atoms with van der Waals surface area (Å²) in [6, 6.07) is 4.82. The third-order valence-electron chi connectivity index (χ3n) is 4.17. The number of halogens is 3. The Hall–Kier alpha value is -2.65. The van der Waals surface area contributed by atoms with Gasteiger partial charge >= 0.3 is 11.9 Å². The number of alkyl halides is 3. The van der Waals surface area contributed by atoms with Crippen molar-refractivity contribution in [2.24, 2.45) is 7.05 Å². The molecule has 0 aliphatic rings. The van der Waals surface area contributed by atoms with E-state index < -0.39 is 39.0 Å². The highest BCUT2D eigenvalue weighted by Gasteiger charge is 2.35. The van der Waals surface area contributed by atoms with E-state index in [2.05, 4.69) is 4.37 Å². The summed E-state index contributed by atoms with van der Waals surface area (Å²) in [6.45, 7) is 0. The molecule has 0 bridgehead atoms. The van der Waals surface area contributed by atoms with Crippen molar-refractivity contribution in [3.63, 3.8) is 0 Å². The largest absolute Gasteiger partial charge is 0.431 e. The molecule has 0 spiro atoms. The number of thioether (sulfide) groups is 1. The van der Waals surface area contributed by atoms with Crippen LogP contribution in [0.1, 0.15) is 11.4 Å². The van der Waals surface area contributed by atoms with Crippen molar-refractivity contribution >= 4 is 49.3 Å². The van der Waals surface area contributed by atoms with Crippen molar-refractivity contribution in [2.45, 2.75) is 11.9 Å². The Morgan fingerprint density at radius 3 is 2.56 bits per heavy atom. The standard InChI is InChI=1S/C17H15F3N4O5S3/c1-23-13(17(18,19)20)6-15(26)24(16(23)27)9-3-4-12-10(5-9)11(21-31-12)7-30-8-14(25)22-32(2,28)29/h3-6H,7-8H2,1-2H3,(H,22,25). The number of sulfonamides is 1. The fourth-order valence-electron chi connectivity index (χ4n) is 2.83. The van der Waals surface area contributed by atoms with Crippen LogP contribution in [0.4, 0.5) is 13.2 Å². The number of aromatic nitrogens is 3. The van der Waals surface area contributed by atoms with Gasteiger partial charge in [-0.3, -0.25) is 18.9 Å². The third kappa shape index (κ3) is 5.21. The first-order valence-corrected chi connectivity index (χ1v) is 12.5. The van der Waals surface area contributed by atoms with Crippen LogP contribution in [-0.4, -0.2) is 39.8 Å². The highest BCUT2D eigenvalue weighted by Crippen LogP contribution is 2.29. The smallest absolute Gasteiger partial charge is 0.292 e. The van der Waals surface area contributed by atoms with Gasteiger partial charge in [0.15, 0.2) is 0 Å². The van der Waals surface area contributed by atoms with Crippen molar-refractivity contribution in [2.75, 3.05) is 12.0 Å². The van der Waals surface area contributed by atoms with Gasteiger partial charge in [-0.2, -0.15) is 17.5 Å². The zero-order valence-electron chi connectivity index (χ0n) is 16.5. The highest BCUT2D eigenvalue weighted by molar-refractivity contribution is 7.99. The lowest BCUT2D eigenvalue weighted by molar-refractivity contribution is -0.144. The number of nitrogens with one attached hydrogen (secondary N) is 1. The van der Waals surface area contributed by atoms with Crippen LogP contribution in [0.5, 0.6) is 0 Å². The van der Waals surface area contributed by atoms with Crippen molar-refractivity contribution in [1.29, 1.82) is 0 Å². The molecule has 0 radical (unpaired) electrons. The van der Waals surface area contributed by atoms with E-state index in [0.717, 1.165) is 36.6 Å². The van der Waals surface area contributed by atoms with E-state index in [4.69, 9.17) is 0 Å². The Morgan fingerprint density at radius 1 is 1.25 bits per heavy atom. The lowest BCUT2D eigenvalue weighted by Crippen LogP contribution is -2.40. The molecule has 0 fully saturated rings. The Balaban J connectivity index is 1.93. The molecular formula is C17H15F3N4O5S3. The number of fused-ring (bicyclic) bond motifs is 1. The number of hydrogen-bond donors (Lipinski definition) is 1. The zero-order chi connectivity index (χ0) is 23.8. The molecule has 0 unspecified atom stereocenters. The summed E-state index contributed by atoms with van der Waals surface area (Å²) in [5.74, 6) is -0.622. The molecule has 9 nitrogen and oxygen atoms in total. The Morgan fingerprint density at radius 2 is 1.94 bits per heavy atom. The fraction of sp³-hybridized carbons (Fsp3) is 0.294. The Labute approximate surface area is 187 Å². The monoisotopic (exact) mass is 508 g/mol. The van der Waals surface area contributed by atoms with E-state index in [1.165, 1.54) is 12.1 Å². The molecule has 1 N–H and O–H groups in total. The second-order valence-corrected chi connectivity index (χ2v) is 10.2. The Kier molecular flexibility index (Phi) is 6.53. The lowest BCUT2D eigenvalue weighted by atomic mass is 10.2. The summed E-state index contributed by atoms with van der Waals surface area (Å²) in [7, 11) is -2.74. The molecule has 32 heavy (non-hydrogen) atoms. The molecule has 172 valence electrons. The minimum Gasteiger partial charge on any atom is -0.292 e. The maximum Gasteiger partial charge on any atom is 0.431 e. The van der Waals surface area contributed by atoms with Gasteiger partial charge in [0.25, 0.3) is 5.56 Å². The van der Waals surface area contributed by atoms with Crippen molar-refractivity contribution < 1.29 is 26.4 Å². The molecule has 2 aromatic heterocycles. The summed E-state index contributed by atoms with van der Waals surface area (Å²) in [5, 5.41) is 0.553. The van der Waals surface area contributed by atoms with Gasteiger partial charge in [0.2, 0.25) is 15.9 Å². The van der Waals surface area contributed by atoms with Crippen LogP contribution >= 0.6 is 23.3 Å². The second kappa shape index (κ2) is 8.71. The normalized spacial score (nSPS) is 12.3. The molecule has 3 rings (SSSR count). The molecule has 2 heterocycles. The molecule has 15 heteroatoms. The predicted octanol–water partition coefficient (Wildman–Crippen LogP) is 1.47. The van der Waals surface area contributed by atoms with Crippen LogP contribution in [0, 0.1) is 0 Å².